The molecule has 0 saturated heterocycles. The first-order valence-electron chi connectivity index (χ1n) is 5.90. The van der Waals surface area contributed by atoms with E-state index in [1.807, 2.05) is 0 Å². The minimum absolute atomic E-state index is 0.0913. The summed E-state index contributed by atoms with van der Waals surface area (Å²) in [5, 5.41) is 8.63. The number of nitrogens with zero attached hydrogens (tertiary/aromatic N) is 1. The molecule has 1 aromatic carbocycles. The van der Waals surface area contributed by atoms with E-state index in [0.29, 0.717) is 12.1 Å². The van der Waals surface area contributed by atoms with Gasteiger partial charge in [0.2, 0.25) is 0 Å². The molecule has 2 rings (SSSR count). The lowest BCUT2D eigenvalue weighted by Crippen LogP contribution is -2.06. The number of pyridine rings is 1. The molecule has 2 aromatic rings. The van der Waals surface area contributed by atoms with Gasteiger partial charge in [-0.25, -0.2) is 9.18 Å². The van der Waals surface area contributed by atoms with E-state index in [4.69, 9.17) is 5.11 Å². The topological polar surface area (TPSA) is 59.3 Å². The Morgan fingerprint density at radius 1 is 1.25 bits per heavy atom. The molecule has 102 valence electrons. The molecule has 0 radical (unpaired) electrons. The molecule has 1 N–H and O–H groups in total. The van der Waals surface area contributed by atoms with Crippen LogP contribution in [0.3, 0.4) is 0 Å². The van der Waals surface area contributed by atoms with Crippen molar-refractivity contribution in [3.63, 3.8) is 0 Å². The fraction of sp³-hybridized carbons (Fsp3) is 0.0667. The molecule has 1 aromatic heterocycles. The summed E-state index contributed by atoms with van der Waals surface area (Å²) in [6.07, 6.45) is 5.56. The Balaban J connectivity index is 2.33. The summed E-state index contributed by atoms with van der Waals surface area (Å²) in [7, 11) is 0. The van der Waals surface area contributed by atoms with Gasteiger partial charge in [-0.05, 0) is 29.3 Å². The Morgan fingerprint density at radius 3 is 2.60 bits per heavy atom. The Morgan fingerprint density at radius 2 is 1.95 bits per heavy atom. The largest absolute Gasteiger partial charge is 0.478 e. The smallest absolute Gasteiger partial charge is 0.328 e. The van der Waals surface area contributed by atoms with Crippen molar-refractivity contribution in [2.45, 2.75) is 6.54 Å². The predicted octanol–water partition coefficient (Wildman–Crippen LogP) is 2.13. The normalized spacial score (nSPS) is 10.8. The first kappa shape index (κ1) is 13.7. The van der Waals surface area contributed by atoms with Gasteiger partial charge in [-0.2, -0.15) is 0 Å². The molecule has 5 heteroatoms. The van der Waals surface area contributed by atoms with Crippen LogP contribution in [-0.2, 0) is 11.3 Å². The fourth-order valence-electron chi connectivity index (χ4n) is 1.77. The Hall–Kier alpha value is -2.69. The van der Waals surface area contributed by atoms with Crippen molar-refractivity contribution in [3.05, 3.63) is 76.0 Å². The summed E-state index contributed by atoms with van der Waals surface area (Å²) in [5.74, 6) is -1.53. The highest BCUT2D eigenvalue weighted by Gasteiger charge is 2.03. The molecule has 4 nitrogen and oxygen atoms in total. The van der Waals surface area contributed by atoms with Crippen molar-refractivity contribution in [1.29, 1.82) is 0 Å². The van der Waals surface area contributed by atoms with Gasteiger partial charge in [-0.15, -0.1) is 0 Å². The number of carboxylic acids is 1. The molecule has 0 unspecified atom stereocenters. The van der Waals surface area contributed by atoms with Crippen LogP contribution in [0.5, 0.6) is 0 Å². The average molecular weight is 273 g/mol. The molecule has 1 heterocycles. The zero-order chi connectivity index (χ0) is 14.5. The molecule has 0 aliphatic carbocycles. The molecule has 0 aliphatic rings. The second kappa shape index (κ2) is 5.97. The minimum atomic E-state index is -1.09. The molecule has 0 bridgehead atoms. The lowest BCUT2D eigenvalue weighted by atomic mass is 10.1. The second-order valence-corrected chi connectivity index (χ2v) is 4.22. The molecule has 0 spiro atoms. The summed E-state index contributed by atoms with van der Waals surface area (Å²) in [6, 6.07) is 7.04. The van der Waals surface area contributed by atoms with E-state index < -0.39 is 11.8 Å². The van der Waals surface area contributed by atoms with Crippen molar-refractivity contribution in [2.75, 3.05) is 0 Å². The number of carboxylic acid groups (broad SMARTS) is 1. The first-order valence-corrected chi connectivity index (χ1v) is 5.90. The van der Waals surface area contributed by atoms with Gasteiger partial charge in [-0.1, -0.05) is 6.07 Å². The molecular weight excluding hydrogens is 261 g/mol. The maximum atomic E-state index is 13.2. The second-order valence-electron chi connectivity index (χ2n) is 4.22. The van der Waals surface area contributed by atoms with E-state index >= 15 is 0 Å². The molecule has 0 aliphatic heterocycles. The van der Waals surface area contributed by atoms with Gasteiger partial charge >= 0.3 is 5.97 Å². The van der Waals surface area contributed by atoms with Crippen molar-refractivity contribution in [1.82, 2.24) is 4.57 Å². The van der Waals surface area contributed by atoms with Crippen LogP contribution < -0.4 is 5.43 Å². The maximum absolute atomic E-state index is 13.2. The first-order chi connectivity index (χ1) is 9.54. The number of halogens is 1. The summed E-state index contributed by atoms with van der Waals surface area (Å²) in [6.45, 7) is 0.417. The van der Waals surface area contributed by atoms with Gasteiger partial charge in [0.1, 0.15) is 5.82 Å². The number of hydrogen-bond donors (Lipinski definition) is 1. The van der Waals surface area contributed by atoms with Gasteiger partial charge in [0, 0.05) is 37.1 Å². The highest BCUT2D eigenvalue weighted by Crippen LogP contribution is 2.14. The highest BCUT2D eigenvalue weighted by atomic mass is 19.1. The zero-order valence-electron chi connectivity index (χ0n) is 10.5. The van der Waals surface area contributed by atoms with E-state index in [-0.39, 0.29) is 5.43 Å². The molecule has 0 amide bonds. The quantitative estimate of drug-likeness (QED) is 0.868. The van der Waals surface area contributed by atoms with E-state index in [9.17, 15) is 14.0 Å². The van der Waals surface area contributed by atoms with Gasteiger partial charge in [0.15, 0.2) is 5.43 Å². The molecule has 0 atom stereocenters. The third-order valence-corrected chi connectivity index (χ3v) is 2.73. The standard InChI is InChI=1S/C15H12FNO3/c16-13-3-1-12(11(9-13)2-4-15(19)20)10-17-7-5-14(18)6-8-17/h1-9H,10H2,(H,19,20). The van der Waals surface area contributed by atoms with Gasteiger partial charge in [0.05, 0.1) is 0 Å². The summed E-state index contributed by atoms with van der Waals surface area (Å²) in [5.41, 5.74) is 1.16. The predicted molar refractivity (Wildman–Crippen MR) is 72.9 cm³/mol. The zero-order valence-corrected chi connectivity index (χ0v) is 10.5. The Kier molecular flexibility index (Phi) is 4.10. The van der Waals surface area contributed by atoms with Crippen LogP contribution in [0.25, 0.3) is 6.08 Å². The Labute approximate surface area is 114 Å². The number of aromatic nitrogens is 1. The van der Waals surface area contributed by atoms with E-state index in [2.05, 4.69) is 0 Å². The summed E-state index contributed by atoms with van der Waals surface area (Å²) < 4.78 is 15.0. The van der Waals surface area contributed by atoms with E-state index in [1.165, 1.54) is 30.3 Å². The summed E-state index contributed by atoms with van der Waals surface area (Å²) in [4.78, 5) is 21.6. The molecule has 0 saturated carbocycles. The number of hydrogen-bond acceptors (Lipinski definition) is 2. The van der Waals surface area contributed by atoms with Crippen molar-refractivity contribution < 1.29 is 14.3 Å². The maximum Gasteiger partial charge on any atom is 0.328 e. The number of carbonyl (C=O) groups is 1. The summed E-state index contributed by atoms with van der Waals surface area (Å²) >= 11 is 0. The van der Waals surface area contributed by atoms with E-state index in [0.717, 1.165) is 11.6 Å². The Bertz CT molecular complexity index is 699. The monoisotopic (exact) mass is 273 g/mol. The SMILES string of the molecule is O=C(O)C=Cc1cc(F)ccc1Cn1ccc(=O)cc1. The number of benzene rings is 1. The lowest BCUT2D eigenvalue weighted by molar-refractivity contribution is -0.131. The van der Waals surface area contributed by atoms with Crippen LogP contribution in [0.4, 0.5) is 4.39 Å². The lowest BCUT2D eigenvalue weighted by Gasteiger charge is -2.09. The van der Waals surface area contributed by atoms with Crippen molar-refractivity contribution >= 4 is 12.0 Å². The molecule has 0 fully saturated rings. The molecular formula is C15H12FNO3. The van der Waals surface area contributed by atoms with Crippen LogP contribution in [0.15, 0.2) is 53.6 Å². The van der Waals surface area contributed by atoms with Crippen LogP contribution in [0.2, 0.25) is 0 Å². The van der Waals surface area contributed by atoms with Crippen LogP contribution in [0, 0.1) is 5.82 Å². The number of rotatable bonds is 4. The van der Waals surface area contributed by atoms with Crippen molar-refractivity contribution in [3.8, 4) is 0 Å². The highest BCUT2D eigenvalue weighted by molar-refractivity contribution is 5.85. The van der Waals surface area contributed by atoms with Crippen LogP contribution in [0.1, 0.15) is 11.1 Å². The fourth-order valence-corrected chi connectivity index (χ4v) is 1.77. The average Bonchev–Trinajstić information content (AvgIpc) is 2.41. The van der Waals surface area contributed by atoms with E-state index in [1.54, 1.807) is 23.0 Å². The number of aliphatic carboxylic acids is 1. The van der Waals surface area contributed by atoms with Crippen LogP contribution >= 0.6 is 0 Å². The third-order valence-electron chi connectivity index (χ3n) is 2.73. The van der Waals surface area contributed by atoms with Gasteiger partial charge in [0.25, 0.3) is 0 Å². The van der Waals surface area contributed by atoms with Crippen molar-refractivity contribution in [2.24, 2.45) is 0 Å². The minimum Gasteiger partial charge on any atom is -0.478 e. The van der Waals surface area contributed by atoms with Gasteiger partial charge in [-0.3, -0.25) is 4.79 Å². The van der Waals surface area contributed by atoms with Crippen LogP contribution in [-0.4, -0.2) is 15.6 Å². The van der Waals surface area contributed by atoms with Gasteiger partial charge < -0.3 is 9.67 Å². The third kappa shape index (κ3) is 3.65. The molecule has 20 heavy (non-hydrogen) atoms.